The Kier molecular flexibility index (Phi) is 9.01. The summed E-state index contributed by atoms with van der Waals surface area (Å²) >= 11 is 0. The van der Waals surface area contributed by atoms with Gasteiger partial charge in [0.1, 0.15) is 6.04 Å². The third-order valence-electron chi connectivity index (χ3n) is 8.59. The lowest BCUT2D eigenvalue weighted by molar-refractivity contribution is -0.141. The molecule has 37 heavy (non-hydrogen) atoms. The van der Waals surface area contributed by atoms with Crippen molar-refractivity contribution in [2.24, 2.45) is 0 Å². The molecule has 0 spiro atoms. The van der Waals surface area contributed by atoms with Gasteiger partial charge < -0.3 is 15.1 Å². The van der Waals surface area contributed by atoms with Crippen LogP contribution in [0, 0.1) is 13.8 Å². The molecule has 0 bridgehead atoms. The Morgan fingerprint density at radius 1 is 1.00 bits per heavy atom. The summed E-state index contributed by atoms with van der Waals surface area (Å²) in [5.41, 5.74) is 5.16. The number of rotatable bonds is 9. The second kappa shape index (κ2) is 11.6. The minimum Gasteiger partial charge on any atom is -0.480 e. The fraction of sp³-hybridized carbons (Fsp3) is 0.500. The molecule has 3 rings (SSSR count). The predicted molar refractivity (Wildman–Crippen MR) is 150 cm³/mol. The van der Waals surface area contributed by atoms with Crippen LogP contribution in [-0.2, 0) is 10.2 Å². The quantitative estimate of drug-likeness (QED) is 0.399. The van der Waals surface area contributed by atoms with Crippen molar-refractivity contribution in [3.05, 3.63) is 75.9 Å². The van der Waals surface area contributed by atoms with Gasteiger partial charge in [0.15, 0.2) is 0 Å². The molecule has 2 aromatic rings. The summed E-state index contributed by atoms with van der Waals surface area (Å²) in [6, 6.07) is 11.7. The molecule has 5 heteroatoms. The highest BCUT2D eigenvalue weighted by Crippen LogP contribution is 2.40. The Balaban J connectivity index is 1.93. The van der Waals surface area contributed by atoms with Crippen molar-refractivity contribution in [1.82, 2.24) is 4.90 Å². The maximum atomic E-state index is 13.0. The molecule has 0 saturated heterocycles. The first-order valence-corrected chi connectivity index (χ1v) is 13.6. The van der Waals surface area contributed by atoms with Gasteiger partial charge in [0.2, 0.25) is 0 Å². The highest BCUT2D eigenvalue weighted by molar-refractivity contribution is 5.97. The average Bonchev–Trinajstić information content (AvgIpc) is 2.88. The molecule has 0 heterocycles. The zero-order valence-corrected chi connectivity index (χ0v) is 23.3. The van der Waals surface area contributed by atoms with Crippen molar-refractivity contribution < 1.29 is 19.8 Å². The molecule has 1 fully saturated rings. The Hall–Kier alpha value is -2.92. The van der Waals surface area contributed by atoms with Crippen LogP contribution in [0.5, 0.6) is 0 Å². The maximum Gasteiger partial charge on any atom is 0.326 e. The van der Waals surface area contributed by atoms with Crippen LogP contribution in [0.3, 0.4) is 0 Å². The van der Waals surface area contributed by atoms with Gasteiger partial charge in [0, 0.05) is 18.0 Å². The molecule has 1 atom stereocenters. The molecule has 200 valence electrons. The monoisotopic (exact) mass is 505 g/mol. The predicted octanol–water partition coefficient (Wildman–Crippen LogP) is 6.66. The largest absolute Gasteiger partial charge is 0.480 e. The molecule has 0 aromatic heterocycles. The van der Waals surface area contributed by atoms with Gasteiger partial charge in [-0.1, -0.05) is 75.6 Å². The van der Waals surface area contributed by atoms with Crippen LogP contribution >= 0.6 is 0 Å². The fourth-order valence-electron chi connectivity index (χ4n) is 5.70. The Bertz CT molecular complexity index is 1160. The van der Waals surface area contributed by atoms with Gasteiger partial charge >= 0.3 is 5.97 Å². The van der Waals surface area contributed by atoms with Gasteiger partial charge in [-0.15, -0.1) is 0 Å². The molecule has 0 radical (unpaired) electrons. The van der Waals surface area contributed by atoms with E-state index in [-0.39, 0.29) is 11.3 Å². The first-order valence-electron chi connectivity index (χ1n) is 13.6. The van der Waals surface area contributed by atoms with Gasteiger partial charge in [-0.3, -0.25) is 4.79 Å². The smallest absolute Gasteiger partial charge is 0.326 e. The number of amides is 1. The lowest BCUT2D eigenvalue weighted by Gasteiger charge is -2.34. The SMILES string of the molecule is CCC(CC)(c1ccc(/C=C/C2(O)CCCCC2)c(C)c1)c1ccc(C(=O)N(C)C(C)C(=O)O)c(C)c1. The summed E-state index contributed by atoms with van der Waals surface area (Å²) in [7, 11) is 1.53. The summed E-state index contributed by atoms with van der Waals surface area (Å²) in [6.45, 7) is 9.95. The topological polar surface area (TPSA) is 77.8 Å². The third kappa shape index (κ3) is 5.98. The van der Waals surface area contributed by atoms with Gasteiger partial charge in [0.05, 0.1) is 5.60 Å². The van der Waals surface area contributed by atoms with E-state index < -0.39 is 17.6 Å². The Labute approximate surface area is 222 Å². The number of carbonyl (C=O) groups excluding carboxylic acids is 1. The normalized spacial score (nSPS) is 16.5. The number of aliphatic hydroxyl groups is 1. The Morgan fingerprint density at radius 3 is 2.08 bits per heavy atom. The first-order chi connectivity index (χ1) is 17.5. The van der Waals surface area contributed by atoms with Crippen LogP contribution in [-0.4, -0.2) is 45.7 Å². The van der Waals surface area contributed by atoms with Crippen LogP contribution in [0.25, 0.3) is 6.08 Å². The van der Waals surface area contributed by atoms with E-state index in [4.69, 9.17) is 0 Å². The molecule has 2 aromatic carbocycles. The van der Waals surface area contributed by atoms with Crippen molar-refractivity contribution in [3.63, 3.8) is 0 Å². The lowest BCUT2D eigenvalue weighted by atomic mass is 9.69. The second-order valence-electron chi connectivity index (χ2n) is 10.8. The number of aliphatic carboxylic acids is 1. The number of likely N-dealkylation sites (N-methyl/N-ethyl adjacent to an activating group) is 1. The molecule has 5 nitrogen and oxygen atoms in total. The van der Waals surface area contributed by atoms with Crippen LogP contribution in [0.1, 0.15) is 104 Å². The van der Waals surface area contributed by atoms with Crippen molar-refractivity contribution in [2.45, 2.75) is 96.6 Å². The van der Waals surface area contributed by atoms with Gasteiger partial charge in [-0.25, -0.2) is 4.79 Å². The zero-order valence-electron chi connectivity index (χ0n) is 23.3. The number of carboxylic acids is 1. The maximum absolute atomic E-state index is 13.0. The van der Waals surface area contributed by atoms with E-state index in [1.807, 2.05) is 25.1 Å². The van der Waals surface area contributed by atoms with Crippen molar-refractivity contribution in [2.75, 3.05) is 7.05 Å². The fourth-order valence-corrected chi connectivity index (χ4v) is 5.70. The summed E-state index contributed by atoms with van der Waals surface area (Å²) in [4.78, 5) is 25.6. The van der Waals surface area contributed by atoms with Crippen LogP contribution in [0.15, 0.2) is 42.5 Å². The zero-order chi connectivity index (χ0) is 27.4. The van der Waals surface area contributed by atoms with Gasteiger partial charge in [0.25, 0.3) is 5.91 Å². The molecule has 1 aliphatic carbocycles. The Morgan fingerprint density at radius 2 is 1.57 bits per heavy atom. The highest BCUT2D eigenvalue weighted by atomic mass is 16.4. The van der Waals surface area contributed by atoms with Crippen LogP contribution < -0.4 is 0 Å². The third-order valence-corrected chi connectivity index (χ3v) is 8.59. The van der Waals surface area contributed by atoms with Crippen LogP contribution in [0.4, 0.5) is 0 Å². The van der Waals surface area contributed by atoms with E-state index in [9.17, 15) is 19.8 Å². The molecule has 1 amide bonds. The van der Waals surface area contributed by atoms with Crippen molar-refractivity contribution in [3.8, 4) is 0 Å². The first kappa shape index (κ1) is 28.6. The van der Waals surface area contributed by atoms with E-state index >= 15 is 0 Å². The molecule has 1 unspecified atom stereocenters. The second-order valence-corrected chi connectivity index (χ2v) is 10.8. The minimum atomic E-state index is -1.03. The average molecular weight is 506 g/mol. The van der Waals surface area contributed by atoms with E-state index in [2.05, 4.69) is 51.1 Å². The number of hydrogen-bond acceptors (Lipinski definition) is 3. The van der Waals surface area contributed by atoms with E-state index in [0.717, 1.165) is 55.2 Å². The van der Waals surface area contributed by atoms with Crippen LogP contribution in [0.2, 0.25) is 0 Å². The van der Waals surface area contributed by atoms with Gasteiger partial charge in [-0.05, 0) is 80.3 Å². The summed E-state index contributed by atoms with van der Waals surface area (Å²) in [6.07, 6.45) is 10.9. The summed E-state index contributed by atoms with van der Waals surface area (Å²) in [5, 5.41) is 20.2. The summed E-state index contributed by atoms with van der Waals surface area (Å²) in [5.74, 6) is -1.31. The number of aryl methyl sites for hydroxylation is 2. The number of benzene rings is 2. The van der Waals surface area contributed by atoms with E-state index in [1.54, 1.807) is 0 Å². The molecular weight excluding hydrogens is 462 g/mol. The number of hydrogen-bond donors (Lipinski definition) is 2. The standard InChI is InChI=1S/C32H43NO4/c1-7-32(8-2,27-14-15-28(23(4)21-27)29(34)33(6)24(5)30(35)36)26-13-12-25(22(3)20-26)16-19-31(37)17-10-9-11-18-31/h12-16,19-21,24,37H,7-11,17-18H2,1-6H3,(H,35,36)/b19-16+. The highest BCUT2D eigenvalue weighted by Gasteiger charge is 2.32. The van der Waals surface area contributed by atoms with E-state index in [0.29, 0.717) is 5.56 Å². The minimum absolute atomic E-state index is 0.207. The molecular formula is C32H43NO4. The van der Waals surface area contributed by atoms with Gasteiger partial charge in [-0.2, -0.15) is 0 Å². The number of carboxylic acid groups (broad SMARTS) is 1. The molecule has 2 N–H and O–H groups in total. The lowest BCUT2D eigenvalue weighted by Crippen LogP contribution is -2.40. The number of carbonyl (C=O) groups is 2. The molecule has 0 aliphatic heterocycles. The summed E-state index contributed by atoms with van der Waals surface area (Å²) < 4.78 is 0. The van der Waals surface area contributed by atoms with Crippen molar-refractivity contribution >= 4 is 18.0 Å². The molecule has 1 aliphatic rings. The molecule has 1 saturated carbocycles. The van der Waals surface area contributed by atoms with Crippen molar-refractivity contribution in [1.29, 1.82) is 0 Å². The van der Waals surface area contributed by atoms with E-state index in [1.165, 1.54) is 36.4 Å². The number of nitrogens with zero attached hydrogens (tertiary/aromatic N) is 1.